The second-order valence-corrected chi connectivity index (χ2v) is 5.42. The van der Waals surface area contributed by atoms with Crippen LogP contribution < -0.4 is 5.32 Å². The Labute approximate surface area is 121 Å². The summed E-state index contributed by atoms with van der Waals surface area (Å²) in [7, 11) is 0. The number of carbonyl (C=O) groups is 1. The average Bonchev–Trinajstić information content (AvgIpc) is 3.17. The van der Waals surface area contributed by atoms with Crippen LogP contribution in [-0.2, 0) is 4.74 Å². The van der Waals surface area contributed by atoms with E-state index in [2.05, 4.69) is 14.9 Å². The first-order valence-corrected chi connectivity index (χ1v) is 7.39. The maximum atomic E-state index is 12.2. The normalized spacial score (nSPS) is 18.1. The fourth-order valence-electron chi connectivity index (χ4n) is 2.21. The van der Waals surface area contributed by atoms with Crippen LogP contribution in [0.15, 0.2) is 30.3 Å². The van der Waals surface area contributed by atoms with E-state index in [-0.39, 0.29) is 12.0 Å². The van der Waals surface area contributed by atoms with Crippen LogP contribution in [0.1, 0.15) is 23.3 Å². The van der Waals surface area contributed by atoms with Crippen molar-refractivity contribution >= 4 is 17.4 Å². The lowest BCUT2D eigenvalue weighted by molar-refractivity contribution is 0.0854. The smallest absolute Gasteiger partial charge is 0.273 e. The van der Waals surface area contributed by atoms with Crippen LogP contribution in [0.25, 0.3) is 10.4 Å². The zero-order chi connectivity index (χ0) is 13.8. The zero-order valence-corrected chi connectivity index (χ0v) is 11.7. The number of carbonyl (C=O) groups excluding carboxylic acids is 1. The molecule has 0 spiro atoms. The van der Waals surface area contributed by atoms with Crippen molar-refractivity contribution in [2.45, 2.75) is 18.9 Å². The molecule has 2 aromatic rings. The molecule has 1 atom stereocenters. The molecule has 1 amide bonds. The van der Waals surface area contributed by atoms with Crippen LogP contribution in [0.3, 0.4) is 0 Å². The SMILES string of the molecule is O=C(NCC1CCCO1)c1nnsc1-c1ccccc1. The molecule has 1 aromatic heterocycles. The molecule has 1 saturated heterocycles. The van der Waals surface area contributed by atoms with E-state index in [4.69, 9.17) is 4.74 Å². The molecule has 1 unspecified atom stereocenters. The molecule has 6 heteroatoms. The highest BCUT2D eigenvalue weighted by Gasteiger charge is 2.20. The minimum absolute atomic E-state index is 0.130. The highest BCUT2D eigenvalue weighted by atomic mass is 32.1. The monoisotopic (exact) mass is 289 g/mol. The van der Waals surface area contributed by atoms with Gasteiger partial charge in [0.05, 0.1) is 11.0 Å². The highest BCUT2D eigenvalue weighted by molar-refractivity contribution is 7.09. The van der Waals surface area contributed by atoms with E-state index in [1.807, 2.05) is 30.3 Å². The topological polar surface area (TPSA) is 64.1 Å². The molecule has 0 radical (unpaired) electrons. The molecule has 5 nitrogen and oxygen atoms in total. The molecular weight excluding hydrogens is 274 g/mol. The van der Waals surface area contributed by atoms with E-state index >= 15 is 0 Å². The fraction of sp³-hybridized carbons (Fsp3) is 0.357. The summed E-state index contributed by atoms with van der Waals surface area (Å²) in [5, 5.41) is 6.83. The van der Waals surface area contributed by atoms with Crippen molar-refractivity contribution in [1.29, 1.82) is 0 Å². The van der Waals surface area contributed by atoms with E-state index < -0.39 is 0 Å². The van der Waals surface area contributed by atoms with Crippen LogP contribution in [0.2, 0.25) is 0 Å². The van der Waals surface area contributed by atoms with Gasteiger partial charge in [-0.3, -0.25) is 4.79 Å². The summed E-state index contributed by atoms with van der Waals surface area (Å²) in [6.45, 7) is 1.32. The molecule has 1 aliphatic rings. The summed E-state index contributed by atoms with van der Waals surface area (Å²) in [6.07, 6.45) is 2.19. The minimum Gasteiger partial charge on any atom is -0.376 e. The Balaban J connectivity index is 1.70. The van der Waals surface area contributed by atoms with Crippen LogP contribution in [0, 0.1) is 0 Å². The van der Waals surface area contributed by atoms with Gasteiger partial charge < -0.3 is 10.1 Å². The molecular formula is C14H15N3O2S. The first kappa shape index (κ1) is 13.2. The largest absolute Gasteiger partial charge is 0.376 e. The molecule has 1 N–H and O–H groups in total. The predicted molar refractivity (Wildman–Crippen MR) is 76.7 cm³/mol. The van der Waals surface area contributed by atoms with Gasteiger partial charge in [0.2, 0.25) is 0 Å². The van der Waals surface area contributed by atoms with Gasteiger partial charge in [-0.25, -0.2) is 0 Å². The molecule has 104 valence electrons. The number of ether oxygens (including phenoxy) is 1. The number of hydrogen-bond acceptors (Lipinski definition) is 5. The Hall–Kier alpha value is -1.79. The average molecular weight is 289 g/mol. The standard InChI is InChI=1S/C14H15N3O2S/c18-14(15-9-11-7-4-8-19-11)12-13(20-17-16-12)10-5-2-1-3-6-10/h1-3,5-6,11H,4,7-9H2,(H,15,18). The molecule has 0 bridgehead atoms. The van der Waals surface area contributed by atoms with Crippen molar-refractivity contribution < 1.29 is 9.53 Å². The van der Waals surface area contributed by atoms with Crippen LogP contribution in [-0.4, -0.2) is 34.7 Å². The van der Waals surface area contributed by atoms with Crippen molar-refractivity contribution in [2.24, 2.45) is 0 Å². The van der Waals surface area contributed by atoms with Gasteiger partial charge in [-0.15, -0.1) is 5.10 Å². The van der Waals surface area contributed by atoms with Gasteiger partial charge in [0.1, 0.15) is 0 Å². The predicted octanol–water partition coefficient (Wildman–Crippen LogP) is 2.11. The van der Waals surface area contributed by atoms with Crippen molar-refractivity contribution in [2.75, 3.05) is 13.2 Å². The summed E-state index contributed by atoms with van der Waals surface area (Å²) in [6, 6.07) is 9.71. The summed E-state index contributed by atoms with van der Waals surface area (Å²) in [5.74, 6) is -0.187. The number of nitrogens with one attached hydrogen (secondary N) is 1. The molecule has 1 fully saturated rings. The van der Waals surface area contributed by atoms with E-state index in [1.165, 1.54) is 11.5 Å². The first-order chi connectivity index (χ1) is 9.84. The fourth-order valence-corrected chi connectivity index (χ4v) is 2.88. The Bertz CT molecular complexity index is 579. The Morgan fingerprint density at radius 1 is 1.40 bits per heavy atom. The molecule has 0 aliphatic carbocycles. The van der Waals surface area contributed by atoms with Gasteiger partial charge in [0.15, 0.2) is 5.69 Å². The molecule has 1 aromatic carbocycles. The van der Waals surface area contributed by atoms with Gasteiger partial charge in [0.25, 0.3) is 5.91 Å². The first-order valence-electron chi connectivity index (χ1n) is 6.62. The van der Waals surface area contributed by atoms with Gasteiger partial charge in [0, 0.05) is 13.2 Å². The molecule has 0 saturated carbocycles. The maximum absolute atomic E-state index is 12.2. The number of benzene rings is 1. The molecule has 2 heterocycles. The van der Waals surface area contributed by atoms with Crippen LogP contribution >= 0.6 is 11.5 Å². The summed E-state index contributed by atoms with van der Waals surface area (Å²) < 4.78 is 9.39. The number of nitrogens with zero attached hydrogens (tertiary/aromatic N) is 2. The number of hydrogen-bond donors (Lipinski definition) is 1. The van der Waals surface area contributed by atoms with Gasteiger partial charge in [-0.05, 0) is 29.9 Å². The van der Waals surface area contributed by atoms with E-state index in [9.17, 15) is 4.79 Å². The Morgan fingerprint density at radius 2 is 2.25 bits per heavy atom. The van der Waals surface area contributed by atoms with E-state index in [0.29, 0.717) is 12.2 Å². The van der Waals surface area contributed by atoms with E-state index in [1.54, 1.807) is 0 Å². The third kappa shape index (κ3) is 2.86. The number of rotatable bonds is 4. The zero-order valence-electron chi connectivity index (χ0n) is 10.9. The Morgan fingerprint density at radius 3 is 3.00 bits per heavy atom. The highest BCUT2D eigenvalue weighted by Crippen LogP contribution is 2.25. The van der Waals surface area contributed by atoms with Crippen LogP contribution in [0.4, 0.5) is 0 Å². The lowest BCUT2D eigenvalue weighted by Crippen LogP contribution is -2.32. The molecule has 1 aliphatic heterocycles. The molecule has 3 rings (SSSR count). The lowest BCUT2D eigenvalue weighted by atomic mass is 10.1. The lowest BCUT2D eigenvalue weighted by Gasteiger charge is -2.10. The van der Waals surface area contributed by atoms with Gasteiger partial charge in [-0.1, -0.05) is 34.8 Å². The van der Waals surface area contributed by atoms with Crippen molar-refractivity contribution in [3.63, 3.8) is 0 Å². The number of aromatic nitrogens is 2. The molecule has 20 heavy (non-hydrogen) atoms. The minimum atomic E-state index is -0.187. The summed E-state index contributed by atoms with van der Waals surface area (Å²) in [5.41, 5.74) is 1.35. The number of amides is 1. The van der Waals surface area contributed by atoms with Crippen molar-refractivity contribution in [1.82, 2.24) is 14.9 Å². The van der Waals surface area contributed by atoms with Crippen molar-refractivity contribution in [3.8, 4) is 10.4 Å². The second kappa shape index (κ2) is 6.11. The Kier molecular flexibility index (Phi) is 4.03. The summed E-state index contributed by atoms with van der Waals surface area (Å²) >= 11 is 1.24. The van der Waals surface area contributed by atoms with Crippen LogP contribution in [0.5, 0.6) is 0 Å². The third-order valence-corrected chi connectivity index (χ3v) is 4.03. The maximum Gasteiger partial charge on any atom is 0.273 e. The quantitative estimate of drug-likeness (QED) is 0.936. The van der Waals surface area contributed by atoms with Gasteiger partial charge in [-0.2, -0.15) is 0 Å². The van der Waals surface area contributed by atoms with Gasteiger partial charge >= 0.3 is 0 Å². The van der Waals surface area contributed by atoms with Crippen molar-refractivity contribution in [3.05, 3.63) is 36.0 Å². The van der Waals surface area contributed by atoms with E-state index in [0.717, 1.165) is 29.9 Å². The summed E-state index contributed by atoms with van der Waals surface area (Å²) in [4.78, 5) is 13.0. The second-order valence-electron chi connectivity index (χ2n) is 4.66. The third-order valence-electron chi connectivity index (χ3n) is 3.25.